The summed E-state index contributed by atoms with van der Waals surface area (Å²) in [6.07, 6.45) is 1.06. The maximum absolute atomic E-state index is 5.92. The second-order valence-corrected chi connectivity index (χ2v) is 4.47. The van der Waals surface area contributed by atoms with E-state index in [4.69, 9.17) is 9.47 Å². The van der Waals surface area contributed by atoms with Gasteiger partial charge in [-0.2, -0.15) is 0 Å². The van der Waals surface area contributed by atoms with Crippen LogP contribution in [0.4, 0.5) is 0 Å². The van der Waals surface area contributed by atoms with E-state index in [-0.39, 0.29) is 6.10 Å². The first-order valence-corrected chi connectivity index (χ1v) is 6.22. The fourth-order valence-corrected chi connectivity index (χ4v) is 2.45. The van der Waals surface area contributed by atoms with Gasteiger partial charge in [-0.3, -0.25) is 0 Å². The van der Waals surface area contributed by atoms with Crippen LogP contribution in [-0.2, 0) is 11.2 Å². The summed E-state index contributed by atoms with van der Waals surface area (Å²) in [6, 6.07) is 16.6. The third-order valence-electron chi connectivity index (χ3n) is 3.41. The lowest BCUT2D eigenvalue weighted by molar-refractivity contribution is 0.0698. The Kier molecular flexibility index (Phi) is 3.03. The molecule has 1 aliphatic heterocycles. The van der Waals surface area contributed by atoms with Crippen molar-refractivity contribution in [3.63, 3.8) is 0 Å². The standard InChI is InChI=1S/C16H16O2/c1-17-14-8-6-13(7-9-14)16-15-5-3-2-4-12(15)10-11-18-16/h2-9,16H,10-11H2,1H3. The average Bonchev–Trinajstić information content (AvgIpc) is 2.47. The third-order valence-corrected chi connectivity index (χ3v) is 3.41. The molecule has 0 aliphatic carbocycles. The molecule has 1 unspecified atom stereocenters. The molecule has 2 aromatic carbocycles. The highest BCUT2D eigenvalue weighted by Crippen LogP contribution is 2.33. The van der Waals surface area contributed by atoms with E-state index in [9.17, 15) is 0 Å². The highest BCUT2D eigenvalue weighted by atomic mass is 16.5. The zero-order valence-electron chi connectivity index (χ0n) is 10.4. The summed E-state index contributed by atoms with van der Waals surface area (Å²) in [4.78, 5) is 0. The van der Waals surface area contributed by atoms with Crippen molar-refractivity contribution in [1.29, 1.82) is 0 Å². The van der Waals surface area contributed by atoms with Crippen molar-refractivity contribution in [3.05, 3.63) is 65.2 Å². The SMILES string of the molecule is COc1ccc(C2OCCc3ccccc32)cc1. The zero-order chi connectivity index (χ0) is 12.4. The van der Waals surface area contributed by atoms with Crippen molar-refractivity contribution in [2.45, 2.75) is 12.5 Å². The van der Waals surface area contributed by atoms with E-state index in [0.717, 1.165) is 18.8 Å². The van der Waals surface area contributed by atoms with E-state index in [1.165, 1.54) is 16.7 Å². The van der Waals surface area contributed by atoms with Crippen LogP contribution in [0.1, 0.15) is 22.8 Å². The van der Waals surface area contributed by atoms with Crippen LogP contribution in [0.3, 0.4) is 0 Å². The van der Waals surface area contributed by atoms with E-state index in [1.807, 2.05) is 12.1 Å². The molecule has 2 heteroatoms. The Balaban J connectivity index is 1.97. The van der Waals surface area contributed by atoms with Gasteiger partial charge in [0, 0.05) is 0 Å². The maximum atomic E-state index is 5.92. The second-order valence-electron chi connectivity index (χ2n) is 4.47. The normalized spacial score (nSPS) is 18.2. The quantitative estimate of drug-likeness (QED) is 0.801. The number of benzene rings is 2. The van der Waals surface area contributed by atoms with E-state index in [0.29, 0.717) is 0 Å². The topological polar surface area (TPSA) is 18.5 Å². The van der Waals surface area contributed by atoms with Crippen LogP contribution in [0, 0.1) is 0 Å². The summed E-state index contributed by atoms with van der Waals surface area (Å²) in [5.41, 5.74) is 3.86. The predicted molar refractivity (Wildman–Crippen MR) is 70.9 cm³/mol. The van der Waals surface area contributed by atoms with Crippen LogP contribution < -0.4 is 4.74 Å². The van der Waals surface area contributed by atoms with Gasteiger partial charge in [-0.15, -0.1) is 0 Å². The molecule has 0 radical (unpaired) electrons. The summed E-state index contributed by atoms with van der Waals surface area (Å²) in [5, 5.41) is 0. The van der Waals surface area contributed by atoms with Gasteiger partial charge in [0.05, 0.1) is 13.7 Å². The van der Waals surface area contributed by atoms with Crippen LogP contribution in [0.5, 0.6) is 5.75 Å². The van der Waals surface area contributed by atoms with Gasteiger partial charge in [0.1, 0.15) is 11.9 Å². The molecule has 18 heavy (non-hydrogen) atoms. The number of fused-ring (bicyclic) bond motifs is 1. The number of hydrogen-bond donors (Lipinski definition) is 0. The first-order chi connectivity index (χ1) is 8.88. The number of hydrogen-bond acceptors (Lipinski definition) is 2. The Bertz CT molecular complexity index is 531. The van der Waals surface area contributed by atoms with Crippen molar-refractivity contribution in [3.8, 4) is 5.75 Å². The highest BCUT2D eigenvalue weighted by molar-refractivity contribution is 5.39. The minimum atomic E-state index is 0.0563. The number of methoxy groups -OCH3 is 1. The summed E-state index contributed by atoms with van der Waals surface area (Å²) in [5.74, 6) is 0.878. The maximum Gasteiger partial charge on any atom is 0.118 e. The summed E-state index contributed by atoms with van der Waals surface area (Å²) >= 11 is 0. The first kappa shape index (κ1) is 11.3. The molecule has 1 atom stereocenters. The van der Waals surface area contributed by atoms with Crippen molar-refractivity contribution < 1.29 is 9.47 Å². The number of rotatable bonds is 2. The smallest absolute Gasteiger partial charge is 0.118 e. The van der Waals surface area contributed by atoms with Crippen LogP contribution in [0.2, 0.25) is 0 Å². The van der Waals surface area contributed by atoms with E-state index in [1.54, 1.807) is 7.11 Å². The predicted octanol–water partition coefficient (Wildman–Crippen LogP) is 3.36. The zero-order valence-corrected chi connectivity index (χ0v) is 10.4. The third kappa shape index (κ3) is 2.00. The Labute approximate surface area is 107 Å². The Morgan fingerprint density at radius 3 is 2.61 bits per heavy atom. The number of ether oxygens (including phenoxy) is 2. The molecule has 0 N–H and O–H groups in total. The molecular formula is C16H16O2. The molecule has 1 aliphatic rings. The highest BCUT2D eigenvalue weighted by Gasteiger charge is 2.21. The van der Waals surface area contributed by atoms with Crippen LogP contribution in [0.15, 0.2) is 48.5 Å². The van der Waals surface area contributed by atoms with Gasteiger partial charge in [0.2, 0.25) is 0 Å². The van der Waals surface area contributed by atoms with Crippen LogP contribution >= 0.6 is 0 Å². The molecule has 0 saturated carbocycles. The van der Waals surface area contributed by atoms with Gasteiger partial charge in [0.15, 0.2) is 0 Å². The van der Waals surface area contributed by atoms with Crippen molar-refractivity contribution in [1.82, 2.24) is 0 Å². The Morgan fingerprint density at radius 1 is 1.06 bits per heavy atom. The van der Waals surface area contributed by atoms with Gasteiger partial charge >= 0.3 is 0 Å². The molecule has 2 aromatic rings. The molecule has 0 fully saturated rings. The second kappa shape index (κ2) is 4.83. The van der Waals surface area contributed by atoms with E-state index >= 15 is 0 Å². The lowest BCUT2D eigenvalue weighted by atomic mass is 9.93. The summed E-state index contributed by atoms with van der Waals surface area (Å²) in [6.45, 7) is 0.785. The Morgan fingerprint density at radius 2 is 1.83 bits per heavy atom. The van der Waals surface area contributed by atoms with Crippen LogP contribution in [0.25, 0.3) is 0 Å². The van der Waals surface area contributed by atoms with Gasteiger partial charge in [0.25, 0.3) is 0 Å². The summed E-state index contributed by atoms with van der Waals surface area (Å²) in [7, 11) is 1.68. The van der Waals surface area contributed by atoms with E-state index in [2.05, 4.69) is 36.4 Å². The fourth-order valence-electron chi connectivity index (χ4n) is 2.45. The van der Waals surface area contributed by atoms with Crippen molar-refractivity contribution in [2.75, 3.05) is 13.7 Å². The minimum Gasteiger partial charge on any atom is -0.497 e. The molecule has 0 spiro atoms. The van der Waals surface area contributed by atoms with Crippen molar-refractivity contribution in [2.24, 2.45) is 0 Å². The average molecular weight is 240 g/mol. The molecule has 0 bridgehead atoms. The van der Waals surface area contributed by atoms with Gasteiger partial charge in [-0.25, -0.2) is 0 Å². The van der Waals surface area contributed by atoms with Crippen molar-refractivity contribution >= 4 is 0 Å². The van der Waals surface area contributed by atoms with Gasteiger partial charge < -0.3 is 9.47 Å². The van der Waals surface area contributed by atoms with Crippen LogP contribution in [-0.4, -0.2) is 13.7 Å². The molecule has 3 rings (SSSR count). The molecule has 0 amide bonds. The molecule has 0 aromatic heterocycles. The largest absolute Gasteiger partial charge is 0.497 e. The van der Waals surface area contributed by atoms with E-state index < -0.39 is 0 Å². The van der Waals surface area contributed by atoms with Gasteiger partial charge in [-0.05, 0) is 35.2 Å². The lowest BCUT2D eigenvalue weighted by Gasteiger charge is -2.26. The minimum absolute atomic E-state index is 0.0563. The molecule has 92 valence electrons. The molecule has 1 heterocycles. The summed E-state index contributed by atoms with van der Waals surface area (Å²) < 4.78 is 11.1. The lowest BCUT2D eigenvalue weighted by Crippen LogP contribution is -2.17. The fraction of sp³-hybridized carbons (Fsp3) is 0.250. The monoisotopic (exact) mass is 240 g/mol. The first-order valence-electron chi connectivity index (χ1n) is 6.22. The molecule has 2 nitrogen and oxygen atoms in total. The molecule has 0 saturated heterocycles. The van der Waals surface area contributed by atoms with Gasteiger partial charge in [-0.1, -0.05) is 36.4 Å². The Hall–Kier alpha value is -1.80. The molecular weight excluding hydrogens is 224 g/mol.